The zero-order chi connectivity index (χ0) is 18.2. The highest BCUT2D eigenvalue weighted by Crippen LogP contribution is 2.16. The molecule has 3 aromatic rings. The van der Waals surface area contributed by atoms with Gasteiger partial charge in [-0.2, -0.15) is 0 Å². The van der Waals surface area contributed by atoms with Crippen molar-refractivity contribution in [2.75, 3.05) is 17.2 Å². The molecule has 2 N–H and O–H groups in total. The smallest absolute Gasteiger partial charge is 0.274 e. The van der Waals surface area contributed by atoms with Crippen molar-refractivity contribution in [3.63, 3.8) is 0 Å². The molecule has 1 heterocycles. The van der Waals surface area contributed by atoms with Gasteiger partial charge in [0, 0.05) is 17.3 Å². The molecule has 4 nitrogen and oxygen atoms in total. The molecule has 0 fully saturated rings. The van der Waals surface area contributed by atoms with Gasteiger partial charge in [0.05, 0.1) is 11.9 Å². The van der Waals surface area contributed by atoms with Crippen molar-refractivity contribution in [2.24, 2.45) is 0 Å². The van der Waals surface area contributed by atoms with Crippen LogP contribution in [-0.4, -0.2) is 17.4 Å². The van der Waals surface area contributed by atoms with Gasteiger partial charge in [-0.1, -0.05) is 48.0 Å². The van der Waals surface area contributed by atoms with Gasteiger partial charge in [0.2, 0.25) is 0 Å². The Hall–Kier alpha value is -2.85. The molecule has 0 bridgehead atoms. The summed E-state index contributed by atoms with van der Waals surface area (Å²) in [6.45, 7) is 0.852. The van der Waals surface area contributed by atoms with Crippen LogP contribution in [0.1, 0.15) is 22.5 Å². The quantitative estimate of drug-likeness (QED) is 0.577. The highest BCUT2D eigenvalue weighted by atomic mass is 35.5. The van der Waals surface area contributed by atoms with E-state index in [1.54, 1.807) is 36.5 Å². The molecule has 0 aliphatic rings. The molecule has 0 radical (unpaired) electrons. The average Bonchev–Trinajstić information content (AvgIpc) is 2.66. The van der Waals surface area contributed by atoms with Crippen LogP contribution in [0.25, 0.3) is 0 Å². The molecule has 0 atom stereocenters. The Morgan fingerprint density at radius 2 is 1.81 bits per heavy atom. The topological polar surface area (TPSA) is 54.0 Å². The summed E-state index contributed by atoms with van der Waals surface area (Å²) in [7, 11) is 0. The number of halogens is 1. The average molecular weight is 366 g/mol. The lowest BCUT2D eigenvalue weighted by Crippen LogP contribution is -2.13. The van der Waals surface area contributed by atoms with Crippen LogP contribution in [0.2, 0.25) is 5.02 Å². The summed E-state index contributed by atoms with van der Waals surface area (Å²) in [6, 6.07) is 21.0. The van der Waals surface area contributed by atoms with E-state index in [2.05, 4.69) is 39.9 Å². The second-order valence-corrected chi connectivity index (χ2v) is 6.35. The summed E-state index contributed by atoms with van der Waals surface area (Å²) in [4.78, 5) is 16.4. The van der Waals surface area contributed by atoms with E-state index < -0.39 is 0 Å². The zero-order valence-electron chi connectivity index (χ0n) is 14.3. The fourth-order valence-corrected chi connectivity index (χ4v) is 2.75. The molecule has 1 aromatic heterocycles. The third-order valence-corrected chi connectivity index (χ3v) is 4.13. The summed E-state index contributed by atoms with van der Waals surface area (Å²) in [5.41, 5.74) is 3.24. The van der Waals surface area contributed by atoms with E-state index >= 15 is 0 Å². The number of hydrogen-bond acceptors (Lipinski definition) is 3. The highest BCUT2D eigenvalue weighted by molar-refractivity contribution is 6.30. The van der Waals surface area contributed by atoms with Crippen LogP contribution in [0.5, 0.6) is 0 Å². The SMILES string of the molecule is O=C(Nc1cccc(Cl)c1)c1ccc(NCCCc2ccccc2)cn1. The summed E-state index contributed by atoms with van der Waals surface area (Å²) >= 11 is 5.92. The van der Waals surface area contributed by atoms with Crippen LogP contribution in [0.3, 0.4) is 0 Å². The van der Waals surface area contributed by atoms with Gasteiger partial charge in [0.1, 0.15) is 5.69 Å². The lowest BCUT2D eigenvalue weighted by atomic mass is 10.1. The number of nitrogens with one attached hydrogen (secondary N) is 2. The predicted molar refractivity (Wildman–Crippen MR) is 107 cm³/mol. The first-order valence-electron chi connectivity index (χ1n) is 8.51. The fraction of sp³-hybridized carbons (Fsp3) is 0.143. The number of benzene rings is 2. The molecular weight excluding hydrogens is 346 g/mol. The van der Waals surface area contributed by atoms with Crippen molar-refractivity contribution in [3.05, 3.63) is 89.2 Å². The third-order valence-electron chi connectivity index (χ3n) is 3.89. The van der Waals surface area contributed by atoms with Crippen LogP contribution in [-0.2, 0) is 6.42 Å². The summed E-state index contributed by atoms with van der Waals surface area (Å²) in [6.07, 6.45) is 3.73. The first-order valence-corrected chi connectivity index (χ1v) is 8.89. The first-order chi connectivity index (χ1) is 12.7. The van der Waals surface area contributed by atoms with Gasteiger partial charge >= 0.3 is 0 Å². The fourth-order valence-electron chi connectivity index (χ4n) is 2.56. The largest absolute Gasteiger partial charge is 0.384 e. The van der Waals surface area contributed by atoms with Gasteiger partial charge in [-0.25, -0.2) is 4.98 Å². The number of anilines is 2. The van der Waals surface area contributed by atoms with Crippen LogP contribution >= 0.6 is 11.6 Å². The van der Waals surface area contributed by atoms with E-state index in [9.17, 15) is 4.79 Å². The minimum Gasteiger partial charge on any atom is -0.384 e. The number of nitrogens with zero attached hydrogens (tertiary/aromatic N) is 1. The van der Waals surface area contributed by atoms with E-state index in [1.165, 1.54) is 5.56 Å². The summed E-state index contributed by atoms with van der Waals surface area (Å²) in [5, 5.41) is 6.68. The maximum Gasteiger partial charge on any atom is 0.274 e. The summed E-state index contributed by atoms with van der Waals surface area (Å²) in [5.74, 6) is -0.261. The maximum atomic E-state index is 12.2. The van der Waals surface area contributed by atoms with Crippen molar-refractivity contribution in [1.29, 1.82) is 0 Å². The van der Waals surface area contributed by atoms with Gasteiger partial charge in [-0.05, 0) is 48.7 Å². The van der Waals surface area contributed by atoms with E-state index in [0.717, 1.165) is 25.1 Å². The van der Waals surface area contributed by atoms with Gasteiger partial charge in [-0.3, -0.25) is 4.79 Å². The number of rotatable bonds is 7. The molecule has 3 rings (SSSR count). The van der Waals surface area contributed by atoms with Crippen LogP contribution < -0.4 is 10.6 Å². The van der Waals surface area contributed by atoms with Crippen LogP contribution in [0.4, 0.5) is 11.4 Å². The van der Waals surface area contributed by atoms with Crippen molar-refractivity contribution in [1.82, 2.24) is 4.98 Å². The Kier molecular flexibility index (Phi) is 6.23. The Balaban J connectivity index is 1.47. The molecule has 0 aliphatic heterocycles. The Morgan fingerprint density at radius 1 is 0.962 bits per heavy atom. The second kappa shape index (κ2) is 9.02. The van der Waals surface area contributed by atoms with Crippen LogP contribution in [0, 0.1) is 0 Å². The van der Waals surface area contributed by atoms with Gasteiger partial charge in [0.15, 0.2) is 0 Å². The molecule has 0 saturated heterocycles. The molecule has 0 saturated carbocycles. The minimum atomic E-state index is -0.261. The number of aryl methyl sites for hydroxylation is 1. The standard InChI is InChI=1S/C21H20ClN3O/c22-17-9-4-10-18(14-17)25-21(26)20-12-11-19(15-24-20)23-13-5-8-16-6-2-1-3-7-16/h1-4,6-7,9-12,14-15,23H,5,8,13H2,(H,25,26). The lowest BCUT2D eigenvalue weighted by molar-refractivity contribution is 0.102. The lowest BCUT2D eigenvalue weighted by Gasteiger charge is -2.08. The molecule has 0 aliphatic carbocycles. The second-order valence-electron chi connectivity index (χ2n) is 5.91. The van der Waals surface area contributed by atoms with Crippen molar-refractivity contribution < 1.29 is 4.79 Å². The Bertz CT molecular complexity index is 851. The molecule has 2 aromatic carbocycles. The van der Waals surface area contributed by atoms with Gasteiger partial charge in [0.25, 0.3) is 5.91 Å². The van der Waals surface area contributed by atoms with Gasteiger partial charge < -0.3 is 10.6 Å². The molecule has 0 spiro atoms. The predicted octanol–water partition coefficient (Wildman–Crippen LogP) is 5.03. The molecule has 26 heavy (non-hydrogen) atoms. The zero-order valence-corrected chi connectivity index (χ0v) is 15.0. The van der Waals surface area contributed by atoms with E-state index in [0.29, 0.717) is 16.4 Å². The molecular formula is C21H20ClN3O. The van der Waals surface area contributed by atoms with Crippen molar-refractivity contribution in [3.8, 4) is 0 Å². The number of hydrogen-bond donors (Lipinski definition) is 2. The third kappa shape index (κ3) is 5.33. The van der Waals surface area contributed by atoms with Crippen molar-refractivity contribution >= 4 is 28.9 Å². The van der Waals surface area contributed by atoms with E-state index in [1.807, 2.05) is 12.1 Å². The molecule has 1 amide bonds. The monoisotopic (exact) mass is 365 g/mol. The number of carbonyl (C=O) groups is 1. The highest BCUT2D eigenvalue weighted by Gasteiger charge is 2.07. The molecule has 0 unspecified atom stereocenters. The van der Waals surface area contributed by atoms with Gasteiger partial charge in [-0.15, -0.1) is 0 Å². The number of aromatic nitrogens is 1. The van der Waals surface area contributed by atoms with E-state index in [-0.39, 0.29) is 5.91 Å². The maximum absolute atomic E-state index is 12.2. The minimum absolute atomic E-state index is 0.261. The summed E-state index contributed by atoms with van der Waals surface area (Å²) < 4.78 is 0. The number of amides is 1. The normalized spacial score (nSPS) is 10.3. The number of carbonyl (C=O) groups excluding carboxylic acids is 1. The first kappa shape index (κ1) is 18.0. The Labute approximate surface area is 158 Å². The van der Waals surface area contributed by atoms with Crippen molar-refractivity contribution in [2.45, 2.75) is 12.8 Å². The molecule has 132 valence electrons. The Morgan fingerprint density at radius 3 is 2.54 bits per heavy atom. The molecule has 5 heteroatoms. The van der Waals surface area contributed by atoms with Crippen LogP contribution in [0.15, 0.2) is 72.9 Å². The number of pyridine rings is 1. The van der Waals surface area contributed by atoms with E-state index in [4.69, 9.17) is 11.6 Å².